The number of nitrogens with zero attached hydrogens (tertiary/aromatic N) is 1. The summed E-state index contributed by atoms with van der Waals surface area (Å²) in [5, 5.41) is 0. The largest absolute Gasteiger partial charge is 0.271 e. The predicted molar refractivity (Wildman–Crippen MR) is 72.9 cm³/mol. The molecule has 1 aromatic heterocycles. The fourth-order valence-electron chi connectivity index (χ4n) is 1.89. The number of nitrogens with two attached hydrogens (primary N) is 1. The number of hydrogen-bond acceptors (Lipinski definition) is 5. The van der Waals surface area contributed by atoms with E-state index in [0.717, 1.165) is 12.5 Å². The summed E-state index contributed by atoms with van der Waals surface area (Å²) in [4.78, 5) is 3.88. The number of hydrogen-bond donors (Lipinski definition) is 2. The fraction of sp³-hybridized carbons (Fsp3) is 0.154. The van der Waals surface area contributed by atoms with Crippen LogP contribution in [0.5, 0.6) is 0 Å². The van der Waals surface area contributed by atoms with E-state index < -0.39 is 21.7 Å². The molecule has 0 aliphatic heterocycles. The second-order valence-corrected chi connectivity index (χ2v) is 6.35. The number of sulfone groups is 1. The minimum Gasteiger partial charge on any atom is -0.271 e. The van der Waals surface area contributed by atoms with Crippen molar-refractivity contribution in [3.05, 3.63) is 59.7 Å². The van der Waals surface area contributed by atoms with Crippen LogP contribution >= 0.6 is 0 Å². The van der Waals surface area contributed by atoms with Crippen molar-refractivity contribution in [3.8, 4) is 0 Å². The van der Waals surface area contributed by atoms with Crippen molar-refractivity contribution < 1.29 is 12.8 Å². The van der Waals surface area contributed by atoms with E-state index in [0.29, 0.717) is 11.1 Å². The molecule has 0 radical (unpaired) electrons. The molecule has 0 aliphatic carbocycles. The van der Waals surface area contributed by atoms with Gasteiger partial charge < -0.3 is 0 Å². The summed E-state index contributed by atoms with van der Waals surface area (Å²) in [6.07, 6.45) is 3.70. The maximum atomic E-state index is 13.7. The summed E-state index contributed by atoms with van der Waals surface area (Å²) in [5.41, 5.74) is 3.52. The molecule has 1 aromatic carbocycles. The Kier molecular flexibility index (Phi) is 4.12. The van der Waals surface area contributed by atoms with Gasteiger partial charge in [-0.25, -0.2) is 18.2 Å². The maximum absolute atomic E-state index is 13.7. The number of pyridine rings is 1. The van der Waals surface area contributed by atoms with Gasteiger partial charge in [0.25, 0.3) is 0 Å². The second-order valence-electron chi connectivity index (χ2n) is 4.34. The van der Waals surface area contributed by atoms with Gasteiger partial charge in [-0.2, -0.15) is 0 Å². The predicted octanol–water partition coefficient (Wildman–Crippen LogP) is 1.18. The third-order valence-electron chi connectivity index (χ3n) is 2.92. The van der Waals surface area contributed by atoms with Gasteiger partial charge in [0, 0.05) is 18.0 Å². The molecule has 0 aliphatic rings. The third kappa shape index (κ3) is 3.01. The normalized spacial score (nSPS) is 13.2. The summed E-state index contributed by atoms with van der Waals surface area (Å²) in [6, 6.07) is 7.07. The van der Waals surface area contributed by atoms with Crippen LogP contribution in [-0.2, 0) is 9.84 Å². The molecule has 5 nitrogen and oxygen atoms in total. The van der Waals surface area contributed by atoms with E-state index in [1.165, 1.54) is 24.4 Å². The van der Waals surface area contributed by atoms with E-state index in [9.17, 15) is 12.8 Å². The molecule has 3 N–H and O–H groups in total. The van der Waals surface area contributed by atoms with Gasteiger partial charge in [-0.15, -0.1) is 0 Å². The molecule has 106 valence electrons. The van der Waals surface area contributed by atoms with Crippen LogP contribution in [0.1, 0.15) is 17.2 Å². The minimum absolute atomic E-state index is 0.201. The molecule has 1 atom stereocenters. The van der Waals surface area contributed by atoms with E-state index in [-0.39, 0.29) is 4.90 Å². The fourth-order valence-corrected chi connectivity index (χ4v) is 2.52. The lowest BCUT2D eigenvalue weighted by Crippen LogP contribution is -2.29. The van der Waals surface area contributed by atoms with Gasteiger partial charge in [-0.3, -0.25) is 10.8 Å². The quantitative estimate of drug-likeness (QED) is 0.653. The molecule has 1 heterocycles. The molecule has 7 heteroatoms. The third-order valence-corrected chi connectivity index (χ3v) is 4.05. The highest BCUT2D eigenvalue weighted by atomic mass is 32.2. The summed E-state index contributed by atoms with van der Waals surface area (Å²) in [6.45, 7) is 0. The standard InChI is InChI=1S/C13H14FN3O2S/c1-20(18,19)10-4-2-9(3-5-10)13(17-15)11-6-7-16-8-12(11)14/h2-8,13,17H,15H2,1H3. The molecule has 20 heavy (non-hydrogen) atoms. The van der Waals surface area contributed by atoms with Crippen LogP contribution in [0.4, 0.5) is 4.39 Å². The molecule has 0 amide bonds. The van der Waals surface area contributed by atoms with Gasteiger partial charge in [-0.1, -0.05) is 12.1 Å². The van der Waals surface area contributed by atoms with Gasteiger partial charge in [-0.05, 0) is 23.8 Å². The van der Waals surface area contributed by atoms with Crippen molar-refractivity contribution >= 4 is 9.84 Å². The second kappa shape index (κ2) is 5.66. The van der Waals surface area contributed by atoms with Crippen molar-refractivity contribution in [2.75, 3.05) is 6.26 Å². The Hall–Kier alpha value is -1.83. The Bertz CT molecular complexity index is 702. The highest BCUT2D eigenvalue weighted by Gasteiger charge is 2.17. The van der Waals surface area contributed by atoms with Crippen molar-refractivity contribution in [2.24, 2.45) is 5.84 Å². The zero-order valence-electron chi connectivity index (χ0n) is 10.7. The molecule has 0 spiro atoms. The van der Waals surface area contributed by atoms with E-state index in [2.05, 4.69) is 10.4 Å². The lowest BCUT2D eigenvalue weighted by atomic mass is 10.00. The van der Waals surface area contributed by atoms with Gasteiger partial charge in [0.1, 0.15) is 5.82 Å². The summed E-state index contributed by atoms with van der Waals surface area (Å²) in [7, 11) is -3.26. The Labute approximate surface area is 116 Å². The Morgan fingerprint density at radius 1 is 1.25 bits per heavy atom. The van der Waals surface area contributed by atoms with Crippen LogP contribution < -0.4 is 11.3 Å². The average molecular weight is 295 g/mol. The van der Waals surface area contributed by atoms with Crippen molar-refractivity contribution in [2.45, 2.75) is 10.9 Å². The molecule has 2 rings (SSSR count). The Morgan fingerprint density at radius 2 is 1.90 bits per heavy atom. The number of halogens is 1. The Balaban J connectivity index is 2.41. The molecule has 1 unspecified atom stereocenters. The van der Waals surface area contributed by atoms with Crippen LogP contribution in [0.15, 0.2) is 47.6 Å². The van der Waals surface area contributed by atoms with Gasteiger partial charge in [0.05, 0.1) is 17.1 Å². The number of benzene rings is 1. The summed E-state index contributed by atoms with van der Waals surface area (Å²) >= 11 is 0. The van der Waals surface area contributed by atoms with E-state index >= 15 is 0 Å². The Morgan fingerprint density at radius 3 is 2.40 bits per heavy atom. The monoisotopic (exact) mass is 295 g/mol. The first kappa shape index (κ1) is 14.6. The van der Waals surface area contributed by atoms with Crippen molar-refractivity contribution in [3.63, 3.8) is 0 Å². The van der Waals surface area contributed by atoms with Crippen LogP contribution in [0.25, 0.3) is 0 Å². The topological polar surface area (TPSA) is 85.1 Å². The summed E-state index contributed by atoms with van der Waals surface area (Å²) < 4.78 is 36.5. The first-order chi connectivity index (χ1) is 9.43. The molecule has 0 fully saturated rings. The SMILES string of the molecule is CS(=O)(=O)c1ccc(C(NN)c2ccncc2F)cc1. The van der Waals surface area contributed by atoms with Crippen LogP contribution in [-0.4, -0.2) is 19.7 Å². The number of aromatic nitrogens is 1. The summed E-state index contributed by atoms with van der Waals surface area (Å²) in [5.74, 6) is 4.99. The van der Waals surface area contributed by atoms with Gasteiger partial charge in [0.15, 0.2) is 9.84 Å². The first-order valence-corrected chi connectivity index (χ1v) is 7.68. The molecule has 2 aromatic rings. The zero-order chi connectivity index (χ0) is 14.8. The molecular formula is C13H14FN3O2S. The van der Waals surface area contributed by atoms with Gasteiger partial charge in [0.2, 0.25) is 0 Å². The van der Waals surface area contributed by atoms with Crippen LogP contribution in [0.2, 0.25) is 0 Å². The lowest BCUT2D eigenvalue weighted by molar-refractivity contribution is 0.555. The zero-order valence-corrected chi connectivity index (χ0v) is 11.6. The lowest BCUT2D eigenvalue weighted by Gasteiger charge is -2.17. The van der Waals surface area contributed by atoms with E-state index in [1.54, 1.807) is 12.1 Å². The highest BCUT2D eigenvalue weighted by Crippen LogP contribution is 2.24. The number of rotatable bonds is 4. The number of hydrazine groups is 1. The van der Waals surface area contributed by atoms with E-state index in [1.807, 2.05) is 0 Å². The van der Waals surface area contributed by atoms with Crippen molar-refractivity contribution in [1.82, 2.24) is 10.4 Å². The molecule has 0 saturated heterocycles. The minimum atomic E-state index is -3.26. The maximum Gasteiger partial charge on any atom is 0.175 e. The molecule has 0 saturated carbocycles. The molecular weight excluding hydrogens is 281 g/mol. The van der Waals surface area contributed by atoms with Gasteiger partial charge >= 0.3 is 0 Å². The van der Waals surface area contributed by atoms with Crippen LogP contribution in [0.3, 0.4) is 0 Å². The van der Waals surface area contributed by atoms with E-state index in [4.69, 9.17) is 5.84 Å². The smallest absolute Gasteiger partial charge is 0.175 e. The van der Waals surface area contributed by atoms with Crippen molar-refractivity contribution in [1.29, 1.82) is 0 Å². The van der Waals surface area contributed by atoms with Crippen LogP contribution in [0, 0.1) is 5.82 Å². The number of nitrogens with one attached hydrogen (secondary N) is 1. The first-order valence-electron chi connectivity index (χ1n) is 5.79. The average Bonchev–Trinajstić information content (AvgIpc) is 2.41. The molecule has 0 bridgehead atoms. The highest BCUT2D eigenvalue weighted by molar-refractivity contribution is 7.90.